The molecule has 2 N–H and O–H groups in total. The summed E-state index contributed by atoms with van der Waals surface area (Å²) in [5.41, 5.74) is 9.44. The highest BCUT2D eigenvalue weighted by Gasteiger charge is 2.11. The normalized spacial score (nSPS) is 10.7. The van der Waals surface area contributed by atoms with Gasteiger partial charge in [0, 0.05) is 6.20 Å². The summed E-state index contributed by atoms with van der Waals surface area (Å²) >= 11 is 0. The molecule has 0 unspecified atom stereocenters. The maximum absolute atomic E-state index is 13.1. The van der Waals surface area contributed by atoms with Crippen molar-refractivity contribution in [3.05, 3.63) is 60.2 Å². The van der Waals surface area contributed by atoms with Crippen LogP contribution in [0.25, 0.3) is 17.1 Å². The molecule has 0 saturated heterocycles. The predicted molar refractivity (Wildman–Crippen MR) is 75.9 cm³/mol. The minimum Gasteiger partial charge on any atom is -0.396 e. The highest BCUT2D eigenvalue weighted by atomic mass is 19.1. The van der Waals surface area contributed by atoms with E-state index in [-0.39, 0.29) is 5.82 Å². The van der Waals surface area contributed by atoms with Crippen LogP contribution in [-0.2, 0) is 0 Å². The third kappa shape index (κ3) is 2.14. The van der Waals surface area contributed by atoms with E-state index in [0.29, 0.717) is 17.1 Å². The number of hydrogen-bond acceptors (Lipinski definition) is 3. The first-order valence-corrected chi connectivity index (χ1v) is 6.18. The Kier molecular flexibility index (Phi) is 2.95. The topological polar surface area (TPSA) is 56.7 Å². The van der Waals surface area contributed by atoms with Gasteiger partial charge in [-0.1, -0.05) is 6.07 Å². The van der Waals surface area contributed by atoms with Gasteiger partial charge in [-0.15, -0.1) is 0 Å². The van der Waals surface area contributed by atoms with Crippen molar-refractivity contribution < 1.29 is 4.39 Å². The van der Waals surface area contributed by atoms with Gasteiger partial charge in [0.25, 0.3) is 0 Å². The van der Waals surface area contributed by atoms with Gasteiger partial charge in [0.05, 0.1) is 23.3 Å². The van der Waals surface area contributed by atoms with E-state index in [1.165, 1.54) is 12.1 Å². The quantitative estimate of drug-likeness (QED) is 0.777. The third-order valence-corrected chi connectivity index (χ3v) is 3.06. The molecule has 2 aromatic heterocycles. The van der Waals surface area contributed by atoms with E-state index >= 15 is 0 Å². The van der Waals surface area contributed by atoms with E-state index in [4.69, 9.17) is 5.73 Å². The van der Waals surface area contributed by atoms with Crippen LogP contribution in [-0.4, -0.2) is 14.8 Å². The molecule has 5 heteroatoms. The summed E-state index contributed by atoms with van der Waals surface area (Å²) in [5, 5.41) is 4.45. The Balaban J connectivity index is 2.09. The summed E-state index contributed by atoms with van der Waals surface area (Å²) in [6.07, 6.45) is 3.40. The molecular formula is C15H13FN4. The van der Waals surface area contributed by atoms with E-state index in [1.54, 1.807) is 23.1 Å². The van der Waals surface area contributed by atoms with Gasteiger partial charge < -0.3 is 5.73 Å². The number of halogens is 1. The molecule has 2 heterocycles. The first-order chi connectivity index (χ1) is 9.65. The average molecular weight is 268 g/mol. The summed E-state index contributed by atoms with van der Waals surface area (Å²) in [4.78, 5) is 4.24. The Morgan fingerprint density at radius 2 is 2.05 bits per heavy atom. The third-order valence-electron chi connectivity index (χ3n) is 3.06. The van der Waals surface area contributed by atoms with Gasteiger partial charge in [0.2, 0.25) is 0 Å². The van der Waals surface area contributed by atoms with Crippen LogP contribution in [0.2, 0.25) is 0 Å². The Morgan fingerprint density at radius 1 is 1.20 bits per heavy atom. The van der Waals surface area contributed by atoms with Gasteiger partial charge in [0.1, 0.15) is 11.5 Å². The number of pyridine rings is 1. The van der Waals surface area contributed by atoms with Gasteiger partial charge in [-0.3, -0.25) is 4.98 Å². The molecule has 0 fully saturated rings. The van der Waals surface area contributed by atoms with Gasteiger partial charge in [-0.25, -0.2) is 9.07 Å². The zero-order valence-corrected chi connectivity index (χ0v) is 10.9. The SMILES string of the molecule is Cc1cc(F)ccc1-n1cc(N)c(-c2ccccn2)n1. The van der Waals surface area contributed by atoms with Crippen LogP contribution >= 0.6 is 0 Å². The summed E-state index contributed by atoms with van der Waals surface area (Å²) in [6, 6.07) is 10.1. The molecule has 0 spiro atoms. The van der Waals surface area contributed by atoms with E-state index < -0.39 is 0 Å². The van der Waals surface area contributed by atoms with E-state index in [1.807, 2.05) is 25.1 Å². The largest absolute Gasteiger partial charge is 0.396 e. The number of rotatable bonds is 2. The molecule has 0 radical (unpaired) electrons. The summed E-state index contributed by atoms with van der Waals surface area (Å²) in [7, 11) is 0. The smallest absolute Gasteiger partial charge is 0.134 e. The molecule has 3 aromatic rings. The fourth-order valence-corrected chi connectivity index (χ4v) is 2.09. The zero-order valence-electron chi connectivity index (χ0n) is 10.9. The van der Waals surface area contributed by atoms with Crippen molar-refractivity contribution in [1.82, 2.24) is 14.8 Å². The Labute approximate surface area is 115 Å². The summed E-state index contributed by atoms with van der Waals surface area (Å²) < 4.78 is 14.8. The van der Waals surface area contributed by atoms with Crippen LogP contribution in [0.3, 0.4) is 0 Å². The number of aryl methyl sites for hydroxylation is 1. The second-order valence-electron chi connectivity index (χ2n) is 4.52. The molecule has 0 aliphatic rings. The van der Waals surface area contributed by atoms with Gasteiger partial charge >= 0.3 is 0 Å². The van der Waals surface area contributed by atoms with Crippen LogP contribution in [0.4, 0.5) is 10.1 Å². The number of hydrogen-bond donors (Lipinski definition) is 1. The second kappa shape index (κ2) is 4.77. The fraction of sp³-hybridized carbons (Fsp3) is 0.0667. The Morgan fingerprint density at radius 3 is 2.75 bits per heavy atom. The van der Waals surface area contributed by atoms with Crippen LogP contribution < -0.4 is 5.73 Å². The van der Waals surface area contributed by atoms with Crippen molar-refractivity contribution in [2.24, 2.45) is 0 Å². The Hall–Kier alpha value is -2.69. The van der Waals surface area contributed by atoms with Crippen LogP contribution in [0, 0.1) is 12.7 Å². The molecule has 0 atom stereocenters. The van der Waals surface area contributed by atoms with E-state index in [9.17, 15) is 4.39 Å². The van der Waals surface area contributed by atoms with Crippen molar-refractivity contribution in [2.45, 2.75) is 6.92 Å². The lowest BCUT2D eigenvalue weighted by Crippen LogP contribution is -1.98. The van der Waals surface area contributed by atoms with Crippen LogP contribution in [0.1, 0.15) is 5.56 Å². The Bertz CT molecular complexity index is 750. The lowest BCUT2D eigenvalue weighted by atomic mass is 10.2. The first kappa shape index (κ1) is 12.3. The van der Waals surface area contributed by atoms with Crippen LogP contribution in [0.5, 0.6) is 0 Å². The molecule has 3 rings (SSSR count). The zero-order chi connectivity index (χ0) is 14.1. The van der Waals surface area contributed by atoms with Crippen molar-refractivity contribution >= 4 is 5.69 Å². The molecule has 0 saturated carbocycles. The van der Waals surface area contributed by atoms with Crippen molar-refractivity contribution in [1.29, 1.82) is 0 Å². The predicted octanol–water partition coefficient (Wildman–Crippen LogP) is 2.96. The van der Waals surface area contributed by atoms with Crippen LogP contribution in [0.15, 0.2) is 48.8 Å². The van der Waals surface area contributed by atoms with Gasteiger partial charge in [0.15, 0.2) is 0 Å². The molecule has 0 aliphatic heterocycles. The fourth-order valence-electron chi connectivity index (χ4n) is 2.09. The molecule has 4 nitrogen and oxygen atoms in total. The number of nitrogen functional groups attached to an aromatic ring is 1. The molecule has 1 aromatic carbocycles. The molecule has 100 valence electrons. The molecule has 0 bridgehead atoms. The average Bonchev–Trinajstić information content (AvgIpc) is 2.81. The van der Waals surface area contributed by atoms with Gasteiger partial charge in [-0.2, -0.15) is 5.10 Å². The maximum atomic E-state index is 13.1. The highest BCUT2D eigenvalue weighted by Crippen LogP contribution is 2.24. The summed E-state index contributed by atoms with van der Waals surface area (Å²) in [5.74, 6) is -0.267. The first-order valence-electron chi connectivity index (χ1n) is 6.18. The lowest BCUT2D eigenvalue weighted by molar-refractivity contribution is 0.625. The monoisotopic (exact) mass is 268 g/mol. The second-order valence-corrected chi connectivity index (χ2v) is 4.52. The minimum absolute atomic E-state index is 0.267. The highest BCUT2D eigenvalue weighted by molar-refractivity contribution is 5.69. The number of anilines is 1. The molecule has 20 heavy (non-hydrogen) atoms. The number of benzene rings is 1. The number of nitrogens with zero attached hydrogens (tertiary/aromatic N) is 3. The lowest BCUT2D eigenvalue weighted by Gasteiger charge is -2.05. The summed E-state index contributed by atoms with van der Waals surface area (Å²) in [6.45, 7) is 1.83. The van der Waals surface area contributed by atoms with Gasteiger partial charge in [-0.05, 0) is 42.8 Å². The van der Waals surface area contributed by atoms with Crippen molar-refractivity contribution in [2.75, 3.05) is 5.73 Å². The number of nitrogens with two attached hydrogens (primary N) is 1. The standard InChI is InChI=1S/C15H13FN4/c1-10-8-11(16)5-6-14(10)20-9-12(17)15(19-20)13-4-2-3-7-18-13/h2-9H,17H2,1H3. The minimum atomic E-state index is -0.267. The molecule has 0 amide bonds. The van der Waals surface area contributed by atoms with Crippen molar-refractivity contribution in [3.63, 3.8) is 0 Å². The van der Waals surface area contributed by atoms with Crippen molar-refractivity contribution in [3.8, 4) is 17.1 Å². The maximum Gasteiger partial charge on any atom is 0.134 e. The number of aromatic nitrogens is 3. The van der Waals surface area contributed by atoms with E-state index in [2.05, 4.69) is 10.1 Å². The molecular weight excluding hydrogens is 255 g/mol. The van der Waals surface area contributed by atoms with E-state index in [0.717, 1.165) is 11.3 Å². The molecule has 0 aliphatic carbocycles.